The highest BCUT2D eigenvalue weighted by molar-refractivity contribution is 7.19. The van der Waals surface area contributed by atoms with Gasteiger partial charge in [-0.05, 0) is 31.0 Å². The van der Waals surface area contributed by atoms with Gasteiger partial charge in [-0.2, -0.15) is 0 Å². The fraction of sp³-hybridized carbons (Fsp3) is 0.286. The molecule has 0 aliphatic carbocycles. The number of amides is 1. The number of hydrogen-bond acceptors (Lipinski definition) is 3. The van der Waals surface area contributed by atoms with E-state index in [4.69, 9.17) is 11.6 Å². The van der Waals surface area contributed by atoms with Gasteiger partial charge in [0.1, 0.15) is 0 Å². The molecule has 134 valence electrons. The lowest BCUT2D eigenvalue weighted by Crippen LogP contribution is -2.44. The van der Waals surface area contributed by atoms with Crippen LogP contribution in [0.5, 0.6) is 0 Å². The van der Waals surface area contributed by atoms with Crippen LogP contribution in [-0.4, -0.2) is 29.9 Å². The van der Waals surface area contributed by atoms with Crippen molar-refractivity contribution in [2.75, 3.05) is 13.1 Å². The number of carbonyl (C=O) groups is 1. The summed E-state index contributed by atoms with van der Waals surface area (Å²) >= 11 is 8.35. The maximum atomic E-state index is 12.3. The van der Waals surface area contributed by atoms with Crippen LogP contribution >= 0.6 is 22.9 Å². The number of carbonyl (C=O) groups excluding carboxylic acids is 1. The van der Waals surface area contributed by atoms with Gasteiger partial charge < -0.3 is 5.32 Å². The molecule has 4 rings (SSSR count). The topological polar surface area (TPSA) is 32.3 Å². The highest BCUT2D eigenvalue weighted by Crippen LogP contribution is 2.36. The minimum atomic E-state index is 0.0246. The predicted octanol–water partition coefficient (Wildman–Crippen LogP) is 4.95. The Hall–Kier alpha value is -1.88. The zero-order valence-corrected chi connectivity index (χ0v) is 16.0. The van der Waals surface area contributed by atoms with E-state index >= 15 is 0 Å². The van der Waals surface area contributed by atoms with Crippen molar-refractivity contribution >= 4 is 38.9 Å². The van der Waals surface area contributed by atoms with Gasteiger partial charge in [0.2, 0.25) is 0 Å². The molecule has 3 nitrogen and oxygen atoms in total. The van der Waals surface area contributed by atoms with Crippen LogP contribution in [0.15, 0.2) is 54.6 Å². The number of thiophene rings is 1. The molecule has 1 aliphatic rings. The molecule has 0 saturated carbocycles. The van der Waals surface area contributed by atoms with Crippen LogP contribution in [0.3, 0.4) is 0 Å². The van der Waals surface area contributed by atoms with E-state index in [1.807, 2.05) is 36.4 Å². The Morgan fingerprint density at radius 3 is 2.50 bits per heavy atom. The lowest BCUT2D eigenvalue weighted by atomic mass is 10.0. The molecule has 1 N–H and O–H groups in total. The molecule has 0 atom stereocenters. The first-order chi connectivity index (χ1) is 12.7. The summed E-state index contributed by atoms with van der Waals surface area (Å²) in [5.74, 6) is 0.0246. The molecular formula is C21H21ClN2OS. The van der Waals surface area contributed by atoms with E-state index in [9.17, 15) is 4.79 Å². The highest BCUT2D eigenvalue weighted by atomic mass is 35.5. The highest BCUT2D eigenvalue weighted by Gasteiger charge is 2.22. The summed E-state index contributed by atoms with van der Waals surface area (Å²) in [5, 5.41) is 5.21. The SMILES string of the molecule is O=C(NC1CCN(Cc2sc3ccccc3c2Cl)CC1)c1ccccc1. The molecular weight excluding hydrogens is 364 g/mol. The van der Waals surface area contributed by atoms with Crippen LogP contribution in [0.4, 0.5) is 0 Å². The van der Waals surface area contributed by atoms with E-state index in [0.717, 1.165) is 48.4 Å². The number of halogens is 1. The number of rotatable bonds is 4. The van der Waals surface area contributed by atoms with E-state index in [-0.39, 0.29) is 11.9 Å². The fourth-order valence-corrected chi connectivity index (χ4v) is 5.00. The second kappa shape index (κ2) is 7.78. The molecule has 1 saturated heterocycles. The van der Waals surface area contributed by atoms with Crippen molar-refractivity contribution in [1.82, 2.24) is 10.2 Å². The number of nitrogens with one attached hydrogen (secondary N) is 1. The Balaban J connectivity index is 1.33. The lowest BCUT2D eigenvalue weighted by Gasteiger charge is -2.32. The van der Waals surface area contributed by atoms with Crippen molar-refractivity contribution in [3.05, 3.63) is 70.1 Å². The van der Waals surface area contributed by atoms with Crippen molar-refractivity contribution in [1.29, 1.82) is 0 Å². The van der Waals surface area contributed by atoms with Gasteiger partial charge in [0.25, 0.3) is 5.91 Å². The predicted molar refractivity (Wildman–Crippen MR) is 109 cm³/mol. The summed E-state index contributed by atoms with van der Waals surface area (Å²) in [6.45, 7) is 2.84. The fourth-order valence-electron chi connectivity index (χ4n) is 3.46. The molecule has 1 fully saturated rings. The van der Waals surface area contributed by atoms with Gasteiger partial charge in [-0.15, -0.1) is 11.3 Å². The first kappa shape index (κ1) is 17.5. The third kappa shape index (κ3) is 3.78. The number of piperidine rings is 1. The van der Waals surface area contributed by atoms with Crippen LogP contribution in [0.25, 0.3) is 10.1 Å². The summed E-state index contributed by atoms with van der Waals surface area (Å²) in [7, 11) is 0. The second-order valence-electron chi connectivity index (χ2n) is 6.73. The number of likely N-dealkylation sites (tertiary alicyclic amines) is 1. The second-order valence-corrected chi connectivity index (χ2v) is 8.24. The molecule has 0 radical (unpaired) electrons. The molecule has 0 bridgehead atoms. The number of benzene rings is 2. The Labute approximate surface area is 162 Å². The van der Waals surface area contributed by atoms with Crippen molar-refractivity contribution in [3.8, 4) is 0 Å². The third-order valence-electron chi connectivity index (χ3n) is 4.93. The van der Waals surface area contributed by atoms with E-state index in [2.05, 4.69) is 28.4 Å². The maximum Gasteiger partial charge on any atom is 0.251 e. The van der Waals surface area contributed by atoms with E-state index in [1.54, 1.807) is 11.3 Å². The summed E-state index contributed by atoms with van der Waals surface area (Å²) < 4.78 is 1.25. The quantitative estimate of drug-likeness (QED) is 0.690. The molecule has 26 heavy (non-hydrogen) atoms. The Morgan fingerprint density at radius 1 is 1.08 bits per heavy atom. The zero-order chi connectivity index (χ0) is 17.9. The van der Waals surface area contributed by atoms with Gasteiger partial charge >= 0.3 is 0 Å². The van der Waals surface area contributed by atoms with Crippen molar-refractivity contribution in [3.63, 3.8) is 0 Å². The monoisotopic (exact) mass is 384 g/mol. The van der Waals surface area contributed by atoms with Crippen LogP contribution in [0.1, 0.15) is 28.1 Å². The van der Waals surface area contributed by atoms with Gasteiger partial charge in [0.15, 0.2) is 0 Å². The summed E-state index contributed by atoms with van der Waals surface area (Å²) in [6.07, 6.45) is 1.95. The van der Waals surface area contributed by atoms with E-state index < -0.39 is 0 Å². The first-order valence-corrected chi connectivity index (χ1v) is 10.1. The summed E-state index contributed by atoms with van der Waals surface area (Å²) in [5.41, 5.74) is 0.729. The van der Waals surface area contributed by atoms with Gasteiger partial charge in [-0.1, -0.05) is 48.0 Å². The standard InChI is InChI=1S/C21H21ClN2OS/c22-20-17-8-4-5-9-18(17)26-19(20)14-24-12-10-16(11-13-24)23-21(25)15-6-2-1-3-7-15/h1-9,16H,10-14H2,(H,23,25). The lowest BCUT2D eigenvalue weighted by molar-refractivity contribution is 0.0909. The summed E-state index contributed by atoms with van der Waals surface area (Å²) in [4.78, 5) is 16.0. The molecule has 1 amide bonds. The van der Waals surface area contributed by atoms with Gasteiger partial charge in [-0.3, -0.25) is 9.69 Å². The molecule has 1 aliphatic heterocycles. The molecule has 1 aromatic heterocycles. The first-order valence-electron chi connectivity index (χ1n) is 8.95. The smallest absolute Gasteiger partial charge is 0.251 e. The average molecular weight is 385 g/mol. The molecule has 0 spiro atoms. The normalized spacial score (nSPS) is 16.0. The van der Waals surface area contributed by atoms with Crippen molar-refractivity contribution in [2.24, 2.45) is 0 Å². The van der Waals surface area contributed by atoms with Gasteiger partial charge in [0, 0.05) is 46.2 Å². The zero-order valence-electron chi connectivity index (χ0n) is 14.5. The minimum absolute atomic E-state index is 0.0246. The Kier molecular flexibility index (Phi) is 5.25. The van der Waals surface area contributed by atoms with E-state index in [1.165, 1.54) is 9.58 Å². The third-order valence-corrected chi connectivity index (χ3v) is 6.63. The Morgan fingerprint density at radius 2 is 1.77 bits per heavy atom. The molecule has 3 aromatic rings. The van der Waals surface area contributed by atoms with Crippen molar-refractivity contribution < 1.29 is 4.79 Å². The number of fused-ring (bicyclic) bond motifs is 1. The van der Waals surface area contributed by atoms with Crippen LogP contribution in [-0.2, 0) is 6.54 Å². The van der Waals surface area contributed by atoms with Gasteiger partial charge in [-0.25, -0.2) is 0 Å². The molecule has 0 unspecified atom stereocenters. The Bertz CT molecular complexity index is 901. The van der Waals surface area contributed by atoms with Gasteiger partial charge in [0.05, 0.1) is 5.02 Å². The minimum Gasteiger partial charge on any atom is -0.349 e. The summed E-state index contributed by atoms with van der Waals surface area (Å²) in [6, 6.07) is 18.0. The average Bonchev–Trinajstić information content (AvgIpc) is 3.00. The molecule has 2 aromatic carbocycles. The van der Waals surface area contributed by atoms with E-state index in [0.29, 0.717) is 0 Å². The largest absolute Gasteiger partial charge is 0.349 e. The van der Waals surface area contributed by atoms with Crippen LogP contribution < -0.4 is 5.32 Å². The number of nitrogens with zero attached hydrogens (tertiary/aromatic N) is 1. The molecule has 5 heteroatoms. The maximum absolute atomic E-state index is 12.3. The number of hydrogen-bond donors (Lipinski definition) is 1. The van der Waals surface area contributed by atoms with Crippen LogP contribution in [0.2, 0.25) is 5.02 Å². The molecule has 2 heterocycles. The van der Waals surface area contributed by atoms with Crippen LogP contribution in [0, 0.1) is 0 Å². The van der Waals surface area contributed by atoms with Crippen molar-refractivity contribution in [2.45, 2.75) is 25.4 Å².